The van der Waals surface area contributed by atoms with Crippen molar-refractivity contribution in [1.29, 1.82) is 0 Å². The Bertz CT molecular complexity index is 1390. The fourth-order valence-electron chi connectivity index (χ4n) is 7.66. The standard InChI is InChI=1S/C42H83O19P3/c1-4-6-8-10-12-14-16-18-20-22-24-26-28-30-35(43)56-32-34(58-36(44)31-29-27-25-23-21-19-17-15-13-11-9-7-5-2)33-57-64(54,55)61-41-37(45)38(59-62(48,49)50)39(60-63(51,52)53)40(46)42(41,3)47/h34,37-41,45-47H,4-33H2,1-3H3,(H,54,55)(H2,48,49,50)(H2,51,52,53)/t34-,37?,38?,39?,40?,41?,42?/m1/s1. The van der Waals surface area contributed by atoms with Crippen LogP contribution in [0.4, 0.5) is 0 Å². The third-order valence-corrected chi connectivity index (χ3v) is 13.3. The van der Waals surface area contributed by atoms with Crippen molar-refractivity contribution in [3.05, 3.63) is 0 Å². The van der Waals surface area contributed by atoms with E-state index < -0.39 is 90.8 Å². The molecule has 380 valence electrons. The Balaban J connectivity index is 2.80. The van der Waals surface area contributed by atoms with E-state index in [1.54, 1.807) is 0 Å². The number of unbranched alkanes of at least 4 members (excludes halogenated alkanes) is 24. The van der Waals surface area contributed by atoms with Gasteiger partial charge in [0.05, 0.1) is 6.61 Å². The third-order valence-electron chi connectivity index (χ3n) is 11.3. The second kappa shape index (κ2) is 33.6. The Morgan fingerprint density at radius 3 is 1.28 bits per heavy atom. The molecule has 1 saturated carbocycles. The molecular weight excluding hydrogens is 901 g/mol. The van der Waals surface area contributed by atoms with Crippen LogP contribution in [0, 0.1) is 0 Å². The monoisotopic (exact) mass is 984 g/mol. The molecule has 0 saturated heterocycles. The van der Waals surface area contributed by atoms with Crippen molar-refractivity contribution in [2.45, 2.75) is 243 Å². The molecule has 0 spiro atoms. The number of phosphoric acid groups is 3. The summed E-state index contributed by atoms with van der Waals surface area (Å²) in [6.45, 7) is 3.65. The zero-order valence-electron chi connectivity index (χ0n) is 38.6. The van der Waals surface area contributed by atoms with Gasteiger partial charge in [0, 0.05) is 12.8 Å². The van der Waals surface area contributed by atoms with Crippen molar-refractivity contribution < 1.29 is 90.6 Å². The van der Waals surface area contributed by atoms with Gasteiger partial charge < -0.3 is 49.3 Å². The predicted octanol–water partition coefficient (Wildman–Crippen LogP) is 8.35. The molecule has 1 aliphatic rings. The van der Waals surface area contributed by atoms with Crippen molar-refractivity contribution in [2.75, 3.05) is 13.2 Å². The zero-order valence-corrected chi connectivity index (χ0v) is 41.3. The molecule has 19 nitrogen and oxygen atoms in total. The van der Waals surface area contributed by atoms with Crippen molar-refractivity contribution in [1.82, 2.24) is 0 Å². The molecule has 0 amide bonds. The molecule has 7 unspecified atom stereocenters. The van der Waals surface area contributed by atoms with Crippen molar-refractivity contribution >= 4 is 35.4 Å². The number of carbonyl (C=O) groups is 2. The second-order valence-electron chi connectivity index (χ2n) is 17.4. The topological polar surface area (TPSA) is 303 Å². The van der Waals surface area contributed by atoms with E-state index in [2.05, 4.69) is 22.9 Å². The van der Waals surface area contributed by atoms with Gasteiger partial charge >= 0.3 is 35.4 Å². The molecule has 1 aliphatic carbocycles. The first kappa shape index (κ1) is 61.2. The molecule has 64 heavy (non-hydrogen) atoms. The van der Waals surface area contributed by atoms with Crippen molar-refractivity contribution in [2.24, 2.45) is 0 Å². The number of phosphoric ester groups is 3. The molecule has 0 aromatic heterocycles. The van der Waals surface area contributed by atoms with Gasteiger partial charge in [-0.1, -0.05) is 168 Å². The number of hydrogen-bond acceptors (Lipinski definition) is 14. The van der Waals surface area contributed by atoms with Gasteiger partial charge in [0.1, 0.15) is 42.7 Å². The Kier molecular flexibility index (Phi) is 32.1. The van der Waals surface area contributed by atoms with Gasteiger partial charge in [-0.25, -0.2) is 13.7 Å². The van der Waals surface area contributed by atoms with E-state index in [0.717, 1.165) is 51.4 Å². The molecule has 1 fully saturated rings. The lowest BCUT2D eigenvalue weighted by molar-refractivity contribution is -0.251. The molecule has 0 heterocycles. The molecule has 0 bridgehead atoms. The lowest BCUT2D eigenvalue weighted by Crippen LogP contribution is -2.70. The molecule has 0 aromatic carbocycles. The summed E-state index contributed by atoms with van der Waals surface area (Å²) in [5.41, 5.74) is -2.90. The molecule has 1 rings (SSSR count). The first-order chi connectivity index (χ1) is 30.1. The Labute approximate surface area is 381 Å². The summed E-state index contributed by atoms with van der Waals surface area (Å²) < 4.78 is 66.0. The average molecular weight is 985 g/mol. The van der Waals surface area contributed by atoms with E-state index in [1.807, 2.05) is 0 Å². The SMILES string of the molecule is CCCCCCCCCCCCCCCC(=O)OC[C@H](COP(=O)(O)OC1C(O)C(OP(=O)(O)O)C(OP(=O)(O)O)C(O)C1(C)O)OC(=O)CCCCCCCCCCCCCCC. The zero-order chi connectivity index (χ0) is 48.1. The van der Waals surface area contributed by atoms with Gasteiger partial charge in [0.15, 0.2) is 6.10 Å². The Hall–Kier alpha value is -0.850. The second-order valence-corrected chi connectivity index (χ2v) is 21.1. The summed E-state index contributed by atoms with van der Waals surface area (Å²) in [6, 6.07) is 0. The number of carbonyl (C=O) groups excluding carboxylic acids is 2. The first-order valence-corrected chi connectivity index (χ1v) is 28.3. The quantitative estimate of drug-likeness (QED) is 0.0162. The maximum atomic E-state index is 13.2. The molecule has 8 N–H and O–H groups in total. The van der Waals surface area contributed by atoms with E-state index in [0.29, 0.717) is 19.8 Å². The highest BCUT2D eigenvalue weighted by Gasteiger charge is 2.62. The fraction of sp³-hybridized carbons (Fsp3) is 0.952. The normalized spacial score (nSPS) is 23.1. The molecule has 0 aliphatic heterocycles. The highest BCUT2D eigenvalue weighted by atomic mass is 31.2. The summed E-state index contributed by atoms with van der Waals surface area (Å²) in [7, 11) is -16.7. The van der Waals surface area contributed by atoms with Gasteiger partial charge in [-0.05, 0) is 19.8 Å². The highest BCUT2D eigenvalue weighted by Crippen LogP contribution is 2.53. The van der Waals surface area contributed by atoms with Gasteiger partial charge in [-0.2, -0.15) is 0 Å². The van der Waals surface area contributed by atoms with Gasteiger partial charge in [0.25, 0.3) is 0 Å². The predicted molar refractivity (Wildman–Crippen MR) is 239 cm³/mol. The van der Waals surface area contributed by atoms with Crippen LogP contribution >= 0.6 is 23.5 Å². The van der Waals surface area contributed by atoms with Crippen molar-refractivity contribution in [3.63, 3.8) is 0 Å². The van der Waals surface area contributed by atoms with Crippen molar-refractivity contribution in [3.8, 4) is 0 Å². The molecular formula is C42H83O19P3. The largest absolute Gasteiger partial charge is 0.472 e. The van der Waals surface area contributed by atoms with E-state index >= 15 is 0 Å². The third kappa shape index (κ3) is 29.1. The van der Waals surface area contributed by atoms with E-state index in [-0.39, 0.29) is 12.8 Å². The van der Waals surface area contributed by atoms with Crippen LogP contribution in [0.15, 0.2) is 0 Å². The van der Waals surface area contributed by atoms with Gasteiger partial charge in [-0.3, -0.25) is 27.7 Å². The Morgan fingerprint density at radius 2 is 0.891 bits per heavy atom. The maximum Gasteiger partial charge on any atom is 0.472 e. The maximum absolute atomic E-state index is 13.2. The van der Waals surface area contributed by atoms with E-state index in [1.165, 1.54) is 103 Å². The van der Waals surface area contributed by atoms with Crippen LogP contribution in [0.5, 0.6) is 0 Å². The van der Waals surface area contributed by atoms with Crippen LogP contribution in [-0.4, -0.2) is 107 Å². The summed E-state index contributed by atoms with van der Waals surface area (Å²) in [6.07, 6.45) is 15.0. The van der Waals surface area contributed by atoms with Gasteiger partial charge in [-0.15, -0.1) is 0 Å². The van der Waals surface area contributed by atoms with Crippen LogP contribution in [0.3, 0.4) is 0 Å². The summed E-state index contributed by atoms with van der Waals surface area (Å²) in [5, 5.41) is 32.7. The number of hydrogen-bond donors (Lipinski definition) is 8. The number of aliphatic hydroxyl groups is 3. The number of esters is 2. The van der Waals surface area contributed by atoms with Crippen LogP contribution in [0.2, 0.25) is 0 Å². The van der Waals surface area contributed by atoms with Crippen LogP contribution in [-0.2, 0) is 50.9 Å². The van der Waals surface area contributed by atoms with E-state index in [4.69, 9.17) is 18.5 Å². The van der Waals surface area contributed by atoms with E-state index in [9.17, 15) is 63.1 Å². The smallest absolute Gasteiger partial charge is 0.462 e. The minimum Gasteiger partial charge on any atom is -0.462 e. The average Bonchev–Trinajstić information content (AvgIpc) is 3.21. The number of rotatable bonds is 40. The molecule has 0 aromatic rings. The number of ether oxygens (including phenoxy) is 2. The molecule has 22 heteroatoms. The summed E-state index contributed by atoms with van der Waals surface area (Å²) in [5.74, 6) is -1.29. The number of aliphatic hydroxyl groups excluding tert-OH is 2. The lowest BCUT2D eigenvalue weighted by Gasteiger charge is -2.49. The molecule has 8 atom stereocenters. The van der Waals surface area contributed by atoms with Crippen LogP contribution in [0.1, 0.15) is 201 Å². The first-order valence-electron chi connectivity index (χ1n) is 23.7. The summed E-state index contributed by atoms with van der Waals surface area (Å²) >= 11 is 0. The fourth-order valence-corrected chi connectivity index (χ4v) is 9.82. The van der Waals surface area contributed by atoms with Crippen LogP contribution in [0.25, 0.3) is 0 Å². The molecule has 0 radical (unpaired) electrons. The van der Waals surface area contributed by atoms with Crippen LogP contribution < -0.4 is 0 Å². The highest BCUT2D eigenvalue weighted by molar-refractivity contribution is 7.47. The Morgan fingerprint density at radius 1 is 0.531 bits per heavy atom. The minimum absolute atomic E-state index is 0.00226. The minimum atomic E-state index is -5.62. The summed E-state index contributed by atoms with van der Waals surface area (Å²) in [4.78, 5) is 73.5. The van der Waals surface area contributed by atoms with Gasteiger partial charge in [0.2, 0.25) is 0 Å². The lowest BCUT2D eigenvalue weighted by atomic mass is 9.76.